The Morgan fingerprint density at radius 1 is 1.10 bits per heavy atom. The van der Waals surface area contributed by atoms with Crippen molar-refractivity contribution in [2.75, 3.05) is 0 Å². The molecule has 0 atom stereocenters. The van der Waals surface area contributed by atoms with Crippen molar-refractivity contribution in [3.8, 4) is 17.4 Å². The Morgan fingerprint density at radius 2 is 1.77 bits per heavy atom. The fraction of sp³-hybridized carbons (Fsp3) is 0.0500. The van der Waals surface area contributed by atoms with Crippen LogP contribution in [0.4, 0.5) is 18.9 Å². The zero-order valence-corrected chi connectivity index (χ0v) is 16.1. The predicted octanol–water partition coefficient (Wildman–Crippen LogP) is 5.21. The van der Waals surface area contributed by atoms with Crippen LogP contribution in [-0.2, 0) is 16.0 Å². The van der Waals surface area contributed by atoms with Gasteiger partial charge in [-0.05, 0) is 36.4 Å². The zero-order chi connectivity index (χ0) is 22.8. The largest absolute Gasteiger partial charge is 0.456 e. The van der Waals surface area contributed by atoms with Gasteiger partial charge in [-0.15, -0.1) is 0 Å². The Labute approximate surface area is 173 Å². The molecule has 1 heterocycles. The lowest BCUT2D eigenvalue weighted by molar-refractivity contribution is -0.384. The summed E-state index contributed by atoms with van der Waals surface area (Å²) in [6.07, 6.45) is -3.84. The summed E-state index contributed by atoms with van der Waals surface area (Å²) < 4.78 is 69.1. The Balaban J connectivity index is 2.04. The molecule has 1 aromatic heterocycles. The zero-order valence-electron chi connectivity index (χ0n) is 15.3. The smallest absolute Gasteiger partial charge is 0.416 e. The van der Waals surface area contributed by atoms with Crippen LogP contribution < -0.4 is 0 Å². The van der Waals surface area contributed by atoms with E-state index in [1.165, 1.54) is 36.4 Å². The minimum absolute atomic E-state index is 0.118. The molecule has 0 aliphatic rings. The van der Waals surface area contributed by atoms with Crippen molar-refractivity contribution in [3.05, 3.63) is 87.0 Å². The van der Waals surface area contributed by atoms with Gasteiger partial charge in [0, 0.05) is 12.1 Å². The van der Waals surface area contributed by atoms with Gasteiger partial charge in [0.1, 0.15) is 17.6 Å². The fourth-order valence-corrected chi connectivity index (χ4v) is 3.83. The number of benzene rings is 2. The highest BCUT2D eigenvalue weighted by Gasteiger charge is 2.33. The molecule has 7 nitrogen and oxygen atoms in total. The summed E-state index contributed by atoms with van der Waals surface area (Å²) in [5.74, 6) is -0.290. The lowest BCUT2D eigenvalue weighted by atomic mass is 10.1. The number of halogens is 3. The van der Waals surface area contributed by atoms with Gasteiger partial charge in [-0.1, -0.05) is 18.2 Å². The predicted molar refractivity (Wildman–Crippen MR) is 103 cm³/mol. The van der Waals surface area contributed by atoms with E-state index in [9.17, 15) is 37.0 Å². The summed E-state index contributed by atoms with van der Waals surface area (Å²) in [5.41, 5.74) is -2.27. The number of nitro groups is 1. The molecule has 0 N–H and O–H groups in total. The van der Waals surface area contributed by atoms with Crippen molar-refractivity contribution in [1.82, 2.24) is 0 Å². The molecular weight excluding hydrogens is 437 g/mol. The van der Waals surface area contributed by atoms with Crippen LogP contribution in [0.1, 0.15) is 11.3 Å². The summed E-state index contributed by atoms with van der Waals surface area (Å²) in [5, 5.41) is 20.6. The highest BCUT2D eigenvalue weighted by atomic mass is 32.2. The van der Waals surface area contributed by atoms with Crippen LogP contribution in [0.2, 0.25) is 0 Å². The lowest BCUT2D eigenvalue weighted by Gasteiger charge is -2.07. The topological polar surface area (TPSA) is 114 Å². The Morgan fingerprint density at radius 3 is 2.35 bits per heavy atom. The summed E-state index contributed by atoms with van der Waals surface area (Å²) in [7, 11) is -4.14. The maximum atomic E-state index is 12.9. The number of furan rings is 1. The minimum atomic E-state index is -4.77. The van der Waals surface area contributed by atoms with Crippen LogP contribution in [0.15, 0.2) is 74.9 Å². The molecular formula is C20H11F3N2O5S. The second-order valence-electron chi connectivity index (χ2n) is 6.13. The van der Waals surface area contributed by atoms with E-state index in [1.54, 1.807) is 12.1 Å². The average Bonchev–Trinajstić information content (AvgIpc) is 3.20. The van der Waals surface area contributed by atoms with Crippen LogP contribution in [0.5, 0.6) is 0 Å². The molecule has 0 spiro atoms. The monoisotopic (exact) mass is 448 g/mol. The molecule has 0 aliphatic carbocycles. The molecule has 3 rings (SSSR count). The van der Waals surface area contributed by atoms with Crippen LogP contribution in [0, 0.1) is 21.4 Å². The summed E-state index contributed by atoms with van der Waals surface area (Å²) >= 11 is 0. The number of allylic oxidation sites excluding steroid dienone is 1. The van der Waals surface area contributed by atoms with Crippen LogP contribution in [0.3, 0.4) is 0 Å². The average molecular weight is 448 g/mol. The summed E-state index contributed by atoms with van der Waals surface area (Å²) in [4.78, 5) is 9.52. The first kappa shape index (κ1) is 21.8. The quantitative estimate of drug-likeness (QED) is 0.301. The van der Waals surface area contributed by atoms with Crippen LogP contribution in [0.25, 0.3) is 17.4 Å². The molecule has 0 bridgehead atoms. The van der Waals surface area contributed by atoms with Crippen LogP contribution in [-0.4, -0.2) is 13.3 Å². The van der Waals surface area contributed by atoms with Crippen molar-refractivity contribution in [1.29, 1.82) is 5.26 Å². The molecule has 0 radical (unpaired) electrons. The molecule has 0 saturated heterocycles. The van der Waals surface area contributed by atoms with Gasteiger partial charge in [0.05, 0.1) is 20.9 Å². The van der Waals surface area contributed by atoms with E-state index >= 15 is 0 Å². The number of nitro benzene ring substituents is 1. The number of alkyl halides is 3. The molecule has 2 aromatic carbocycles. The molecule has 0 aliphatic heterocycles. The van der Waals surface area contributed by atoms with E-state index in [4.69, 9.17) is 4.42 Å². The van der Waals surface area contributed by atoms with Crippen molar-refractivity contribution < 1.29 is 30.9 Å². The minimum Gasteiger partial charge on any atom is -0.456 e. The van der Waals surface area contributed by atoms with Crippen molar-refractivity contribution >= 4 is 21.6 Å². The second kappa shape index (κ2) is 8.08. The van der Waals surface area contributed by atoms with Gasteiger partial charge in [-0.2, -0.15) is 18.4 Å². The highest BCUT2D eigenvalue weighted by Crippen LogP contribution is 2.37. The fourth-order valence-electron chi connectivity index (χ4n) is 2.67. The van der Waals surface area contributed by atoms with E-state index in [2.05, 4.69) is 0 Å². The summed E-state index contributed by atoms with van der Waals surface area (Å²) in [6.45, 7) is 0. The molecule has 0 saturated carbocycles. The molecule has 0 fully saturated rings. The third-order valence-electron chi connectivity index (χ3n) is 4.14. The van der Waals surface area contributed by atoms with Gasteiger partial charge >= 0.3 is 6.18 Å². The first-order valence-corrected chi connectivity index (χ1v) is 9.90. The van der Waals surface area contributed by atoms with Gasteiger partial charge in [0.25, 0.3) is 5.69 Å². The SMILES string of the molecule is N#C/C(=C\c1ccc(-c2ccc(C(F)(F)F)cc2[N+](=O)[O-])o1)S(=O)(=O)c1ccccc1. The van der Waals surface area contributed by atoms with E-state index in [0.717, 1.165) is 12.1 Å². The highest BCUT2D eigenvalue weighted by molar-refractivity contribution is 7.95. The van der Waals surface area contributed by atoms with E-state index in [0.29, 0.717) is 12.1 Å². The van der Waals surface area contributed by atoms with Gasteiger partial charge in [-0.25, -0.2) is 8.42 Å². The second-order valence-corrected chi connectivity index (χ2v) is 8.04. The molecule has 3 aromatic rings. The maximum absolute atomic E-state index is 12.9. The van der Waals surface area contributed by atoms with Crippen LogP contribution >= 0.6 is 0 Å². The standard InChI is InChI=1S/C20H11F3N2O5S/c21-20(22,23)13-6-8-17(18(10-13)25(26)27)19-9-7-14(30-19)11-16(12-24)31(28,29)15-4-2-1-3-5-15/h1-11H/b16-11+. The number of hydrogen-bond acceptors (Lipinski definition) is 6. The normalized spacial score (nSPS) is 12.4. The maximum Gasteiger partial charge on any atom is 0.416 e. The van der Waals surface area contributed by atoms with Gasteiger partial charge in [-0.3, -0.25) is 10.1 Å². The Kier molecular flexibility index (Phi) is 5.68. The van der Waals surface area contributed by atoms with E-state index in [-0.39, 0.29) is 22.0 Å². The third kappa shape index (κ3) is 4.49. The number of sulfone groups is 1. The number of nitriles is 1. The number of rotatable bonds is 5. The third-order valence-corrected chi connectivity index (χ3v) is 5.82. The summed E-state index contributed by atoms with van der Waals surface area (Å²) in [6, 6.07) is 13.2. The van der Waals surface area contributed by atoms with Crippen molar-refractivity contribution in [3.63, 3.8) is 0 Å². The van der Waals surface area contributed by atoms with Gasteiger partial charge < -0.3 is 4.42 Å². The van der Waals surface area contributed by atoms with Gasteiger partial charge in [0.15, 0.2) is 4.91 Å². The van der Waals surface area contributed by atoms with Gasteiger partial charge in [0.2, 0.25) is 9.84 Å². The number of hydrogen-bond donors (Lipinski definition) is 0. The van der Waals surface area contributed by atoms with E-state index in [1.807, 2.05) is 0 Å². The molecule has 0 amide bonds. The molecule has 31 heavy (non-hydrogen) atoms. The first-order valence-electron chi connectivity index (χ1n) is 8.42. The Hall–Kier alpha value is -3.91. The molecule has 0 unspecified atom stereocenters. The van der Waals surface area contributed by atoms with Crippen molar-refractivity contribution in [2.24, 2.45) is 0 Å². The first-order chi connectivity index (χ1) is 14.5. The van der Waals surface area contributed by atoms with E-state index < -0.39 is 37.1 Å². The molecule has 11 heteroatoms. The Bertz CT molecular complexity index is 1320. The lowest BCUT2D eigenvalue weighted by Crippen LogP contribution is -2.06. The van der Waals surface area contributed by atoms with Crippen molar-refractivity contribution in [2.45, 2.75) is 11.1 Å². The molecule has 158 valence electrons. The number of nitrogens with zero attached hydrogens (tertiary/aromatic N) is 2.